The smallest absolute Gasteiger partial charge is 0.179 e. The fourth-order valence-corrected chi connectivity index (χ4v) is 4.35. The van der Waals surface area contributed by atoms with Gasteiger partial charge in [-0.1, -0.05) is 15.9 Å². The van der Waals surface area contributed by atoms with Crippen LogP contribution >= 0.6 is 15.9 Å². The number of piperidine rings is 1. The lowest BCUT2D eigenvalue weighted by Crippen LogP contribution is -2.28. The van der Waals surface area contributed by atoms with Gasteiger partial charge in [0.1, 0.15) is 5.52 Å². The van der Waals surface area contributed by atoms with E-state index in [2.05, 4.69) is 52.2 Å². The molecule has 0 spiro atoms. The maximum absolute atomic E-state index is 4.84. The van der Waals surface area contributed by atoms with Gasteiger partial charge in [-0.05, 0) is 68.6 Å². The van der Waals surface area contributed by atoms with E-state index < -0.39 is 0 Å². The van der Waals surface area contributed by atoms with Crippen LogP contribution in [0.3, 0.4) is 0 Å². The summed E-state index contributed by atoms with van der Waals surface area (Å²) in [4.78, 5) is 14.3. The molecular weight excluding hydrogens is 376 g/mol. The van der Waals surface area contributed by atoms with Crippen molar-refractivity contribution in [3.63, 3.8) is 0 Å². The number of nitrogens with zero attached hydrogens (tertiary/aromatic N) is 3. The Labute approximate surface area is 156 Å². The molecule has 3 heterocycles. The molecule has 3 aromatic rings. The molecule has 1 aliphatic rings. The molecule has 5 heteroatoms. The highest BCUT2D eigenvalue weighted by Crippen LogP contribution is 2.30. The van der Waals surface area contributed by atoms with Gasteiger partial charge in [-0.15, -0.1) is 0 Å². The van der Waals surface area contributed by atoms with E-state index in [-0.39, 0.29) is 0 Å². The standard InChI is InChI=1S/C20H21BrN4/c1-12-8-15(21)9-13(2)19(12)16-5-6-17-20(24-16)25-18(11-23-17)14-4-3-7-22-10-14/h5-6,8-9,11,14,22H,3-4,7,10H2,1-2H3/t14-/m1/s1. The molecule has 0 bridgehead atoms. The van der Waals surface area contributed by atoms with Crippen molar-refractivity contribution < 1.29 is 0 Å². The molecule has 1 fully saturated rings. The molecule has 4 nitrogen and oxygen atoms in total. The van der Waals surface area contributed by atoms with Crippen LogP contribution in [0.2, 0.25) is 0 Å². The zero-order chi connectivity index (χ0) is 17.4. The SMILES string of the molecule is Cc1cc(Br)cc(C)c1-c1ccc2ncc([C@@H]3CCCNC3)nc2n1. The zero-order valence-electron chi connectivity index (χ0n) is 14.5. The van der Waals surface area contributed by atoms with E-state index in [0.717, 1.165) is 46.5 Å². The maximum atomic E-state index is 4.84. The minimum absolute atomic E-state index is 0.437. The van der Waals surface area contributed by atoms with Crippen LogP contribution in [0, 0.1) is 13.8 Å². The van der Waals surface area contributed by atoms with E-state index in [9.17, 15) is 0 Å². The van der Waals surface area contributed by atoms with E-state index in [1.54, 1.807) is 0 Å². The van der Waals surface area contributed by atoms with Crippen LogP contribution in [-0.2, 0) is 0 Å². The van der Waals surface area contributed by atoms with Crippen LogP contribution in [0.4, 0.5) is 0 Å². The molecule has 0 saturated carbocycles. The summed E-state index contributed by atoms with van der Waals surface area (Å²) in [5.74, 6) is 0.437. The number of fused-ring (bicyclic) bond motifs is 1. The highest BCUT2D eigenvalue weighted by atomic mass is 79.9. The number of nitrogens with one attached hydrogen (secondary N) is 1. The Kier molecular flexibility index (Phi) is 4.52. The van der Waals surface area contributed by atoms with E-state index >= 15 is 0 Å². The monoisotopic (exact) mass is 396 g/mol. The maximum Gasteiger partial charge on any atom is 0.179 e. The van der Waals surface area contributed by atoms with Gasteiger partial charge in [-0.25, -0.2) is 9.97 Å². The fraction of sp³-hybridized carbons (Fsp3) is 0.350. The Morgan fingerprint density at radius 1 is 1.12 bits per heavy atom. The van der Waals surface area contributed by atoms with Gasteiger partial charge in [0.15, 0.2) is 5.65 Å². The summed E-state index contributed by atoms with van der Waals surface area (Å²) in [7, 11) is 0. The molecule has 1 saturated heterocycles. The number of rotatable bonds is 2. The Bertz CT molecular complexity index is 909. The van der Waals surface area contributed by atoms with Crippen molar-refractivity contribution in [2.75, 3.05) is 13.1 Å². The topological polar surface area (TPSA) is 50.7 Å². The van der Waals surface area contributed by atoms with Crippen LogP contribution in [-0.4, -0.2) is 28.0 Å². The molecular formula is C20H21BrN4. The van der Waals surface area contributed by atoms with Crippen LogP contribution in [0.5, 0.6) is 0 Å². The van der Waals surface area contributed by atoms with E-state index in [1.807, 2.05) is 18.3 Å². The summed E-state index contributed by atoms with van der Waals surface area (Å²) in [5.41, 5.74) is 7.19. The van der Waals surface area contributed by atoms with Gasteiger partial charge in [-0.3, -0.25) is 4.98 Å². The average molecular weight is 397 g/mol. The number of halogens is 1. The lowest BCUT2D eigenvalue weighted by Gasteiger charge is -2.22. The minimum Gasteiger partial charge on any atom is -0.316 e. The largest absolute Gasteiger partial charge is 0.316 e. The molecule has 0 amide bonds. The zero-order valence-corrected chi connectivity index (χ0v) is 16.1. The van der Waals surface area contributed by atoms with Gasteiger partial charge in [0.2, 0.25) is 0 Å². The van der Waals surface area contributed by atoms with Crippen molar-refractivity contribution in [2.24, 2.45) is 0 Å². The minimum atomic E-state index is 0.437. The Balaban J connectivity index is 1.79. The molecule has 2 aromatic heterocycles. The second-order valence-corrected chi connectivity index (χ2v) is 7.71. The van der Waals surface area contributed by atoms with Crippen molar-refractivity contribution in [1.29, 1.82) is 0 Å². The number of hydrogen-bond donors (Lipinski definition) is 1. The molecule has 0 unspecified atom stereocenters. The second-order valence-electron chi connectivity index (χ2n) is 6.79. The second kappa shape index (κ2) is 6.81. The van der Waals surface area contributed by atoms with Gasteiger partial charge in [0.05, 0.1) is 11.4 Å². The first-order valence-corrected chi connectivity index (χ1v) is 9.52. The number of benzene rings is 1. The van der Waals surface area contributed by atoms with Crippen LogP contribution in [0.25, 0.3) is 22.4 Å². The Hall–Kier alpha value is -1.85. The third-order valence-electron chi connectivity index (χ3n) is 4.89. The summed E-state index contributed by atoms with van der Waals surface area (Å²) in [5, 5.41) is 3.45. The number of aromatic nitrogens is 3. The molecule has 1 aromatic carbocycles. The molecule has 0 aliphatic carbocycles. The first-order chi connectivity index (χ1) is 12.1. The summed E-state index contributed by atoms with van der Waals surface area (Å²) in [6.07, 6.45) is 4.27. The fourth-order valence-electron chi connectivity index (χ4n) is 3.67. The first-order valence-electron chi connectivity index (χ1n) is 8.73. The highest BCUT2D eigenvalue weighted by molar-refractivity contribution is 9.10. The molecule has 0 radical (unpaired) electrons. The highest BCUT2D eigenvalue weighted by Gasteiger charge is 2.18. The number of aryl methyl sites for hydroxylation is 2. The summed E-state index contributed by atoms with van der Waals surface area (Å²) < 4.78 is 1.10. The predicted molar refractivity (Wildman–Crippen MR) is 105 cm³/mol. The summed E-state index contributed by atoms with van der Waals surface area (Å²) >= 11 is 3.56. The Morgan fingerprint density at radius 3 is 2.64 bits per heavy atom. The lowest BCUT2D eigenvalue weighted by molar-refractivity contribution is 0.454. The van der Waals surface area contributed by atoms with E-state index in [1.165, 1.54) is 23.1 Å². The molecule has 1 atom stereocenters. The van der Waals surface area contributed by atoms with Crippen LogP contribution in [0.15, 0.2) is 34.9 Å². The van der Waals surface area contributed by atoms with Crippen molar-refractivity contribution in [1.82, 2.24) is 20.3 Å². The van der Waals surface area contributed by atoms with Crippen molar-refractivity contribution in [3.05, 3.63) is 51.8 Å². The van der Waals surface area contributed by atoms with Gasteiger partial charge < -0.3 is 5.32 Å². The first kappa shape index (κ1) is 16.6. The normalized spacial score (nSPS) is 17.8. The number of pyridine rings is 1. The van der Waals surface area contributed by atoms with Gasteiger partial charge >= 0.3 is 0 Å². The third kappa shape index (κ3) is 3.31. The molecule has 128 valence electrons. The van der Waals surface area contributed by atoms with Crippen LogP contribution in [0.1, 0.15) is 35.6 Å². The average Bonchev–Trinajstić information content (AvgIpc) is 2.61. The van der Waals surface area contributed by atoms with Crippen molar-refractivity contribution >= 4 is 27.1 Å². The third-order valence-corrected chi connectivity index (χ3v) is 5.35. The van der Waals surface area contributed by atoms with E-state index in [4.69, 9.17) is 9.97 Å². The summed E-state index contributed by atoms with van der Waals surface area (Å²) in [6, 6.07) is 8.32. The number of hydrogen-bond acceptors (Lipinski definition) is 4. The quantitative estimate of drug-likeness (QED) is 0.690. The van der Waals surface area contributed by atoms with Crippen molar-refractivity contribution in [3.8, 4) is 11.3 Å². The van der Waals surface area contributed by atoms with E-state index in [0.29, 0.717) is 5.92 Å². The Morgan fingerprint density at radius 2 is 1.92 bits per heavy atom. The molecule has 1 aliphatic heterocycles. The predicted octanol–water partition coefficient (Wildman–Crippen LogP) is 4.54. The van der Waals surface area contributed by atoms with Gasteiger partial charge in [0, 0.05) is 28.7 Å². The van der Waals surface area contributed by atoms with Crippen LogP contribution < -0.4 is 5.32 Å². The summed E-state index contributed by atoms with van der Waals surface area (Å²) in [6.45, 7) is 6.32. The van der Waals surface area contributed by atoms with Gasteiger partial charge in [0.25, 0.3) is 0 Å². The van der Waals surface area contributed by atoms with Gasteiger partial charge in [-0.2, -0.15) is 0 Å². The lowest BCUT2D eigenvalue weighted by atomic mass is 9.96. The van der Waals surface area contributed by atoms with Crippen molar-refractivity contribution in [2.45, 2.75) is 32.6 Å². The molecule has 4 rings (SSSR count). The molecule has 1 N–H and O–H groups in total. The molecule has 25 heavy (non-hydrogen) atoms.